The van der Waals surface area contributed by atoms with Crippen LogP contribution in [0, 0.1) is 5.92 Å². The first-order valence-corrected chi connectivity index (χ1v) is 14.0. The second-order valence-corrected chi connectivity index (χ2v) is 10.7. The first-order valence-electron chi connectivity index (χ1n) is 14.0. The van der Waals surface area contributed by atoms with Gasteiger partial charge in [0.25, 0.3) is 5.91 Å². The Balaban J connectivity index is 1.67. The molecule has 1 aromatic carbocycles. The molecule has 12 heteroatoms. The van der Waals surface area contributed by atoms with Gasteiger partial charge < -0.3 is 35.8 Å². The molecule has 2 aromatic rings. The molecule has 4 rings (SSSR count). The van der Waals surface area contributed by atoms with Crippen LogP contribution in [0.5, 0.6) is 0 Å². The van der Waals surface area contributed by atoms with Gasteiger partial charge >= 0.3 is 0 Å². The second kappa shape index (κ2) is 13.4. The lowest BCUT2D eigenvalue weighted by molar-refractivity contribution is -0.143. The van der Waals surface area contributed by atoms with Crippen LogP contribution in [0.15, 0.2) is 48.7 Å². The number of aromatic nitrogens is 1. The number of aliphatic hydroxyl groups excluding tert-OH is 1. The number of amides is 5. The van der Waals surface area contributed by atoms with E-state index < -0.39 is 53.8 Å². The largest absolute Gasteiger partial charge is 0.391 e. The summed E-state index contributed by atoms with van der Waals surface area (Å²) < 4.78 is 0. The van der Waals surface area contributed by atoms with Gasteiger partial charge in [0, 0.05) is 38.7 Å². The van der Waals surface area contributed by atoms with Crippen molar-refractivity contribution in [1.82, 2.24) is 30.7 Å². The van der Waals surface area contributed by atoms with E-state index in [0.717, 1.165) is 5.56 Å². The summed E-state index contributed by atoms with van der Waals surface area (Å²) in [5, 5.41) is 18.8. The van der Waals surface area contributed by atoms with Crippen molar-refractivity contribution in [3.8, 4) is 0 Å². The highest BCUT2D eigenvalue weighted by Gasteiger charge is 2.43. The van der Waals surface area contributed by atoms with Gasteiger partial charge in [0.15, 0.2) is 0 Å². The molecule has 0 saturated carbocycles. The Kier molecular flexibility index (Phi) is 9.77. The molecule has 1 aromatic heterocycles. The molecule has 0 unspecified atom stereocenters. The van der Waals surface area contributed by atoms with Crippen LogP contribution in [-0.4, -0.2) is 99.8 Å². The summed E-state index contributed by atoms with van der Waals surface area (Å²) in [5.74, 6) is -2.79. The molecular formula is C29H38N6O6. The Labute approximate surface area is 238 Å². The van der Waals surface area contributed by atoms with E-state index in [-0.39, 0.29) is 50.6 Å². The zero-order chi connectivity index (χ0) is 29.5. The van der Waals surface area contributed by atoms with Crippen molar-refractivity contribution in [2.24, 2.45) is 5.92 Å². The molecule has 220 valence electrons. The van der Waals surface area contributed by atoms with Crippen LogP contribution in [0.25, 0.3) is 0 Å². The van der Waals surface area contributed by atoms with Gasteiger partial charge in [-0.15, -0.1) is 0 Å². The fraction of sp³-hybridized carbons (Fsp3) is 0.483. The third-order valence-electron chi connectivity index (χ3n) is 7.71. The van der Waals surface area contributed by atoms with Crippen molar-refractivity contribution < 1.29 is 29.1 Å². The molecule has 41 heavy (non-hydrogen) atoms. The Morgan fingerprint density at radius 2 is 1.80 bits per heavy atom. The highest BCUT2D eigenvalue weighted by Crippen LogP contribution is 2.22. The molecule has 0 spiro atoms. The van der Waals surface area contributed by atoms with Gasteiger partial charge in [-0.1, -0.05) is 50.6 Å². The number of hydrogen-bond acceptors (Lipinski definition) is 6. The number of fused-ring (bicyclic) bond motifs is 1. The maximum atomic E-state index is 13.8. The predicted molar refractivity (Wildman–Crippen MR) is 149 cm³/mol. The normalized spacial score (nSPS) is 25.3. The number of hydrogen-bond donors (Lipinski definition) is 5. The molecule has 5 amide bonds. The summed E-state index contributed by atoms with van der Waals surface area (Å²) in [6.07, 6.45) is 1.43. The fourth-order valence-electron chi connectivity index (χ4n) is 5.21. The monoisotopic (exact) mass is 566 g/mol. The molecule has 0 aliphatic carbocycles. The van der Waals surface area contributed by atoms with Crippen molar-refractivity contribution in [3.05, 3.63) is 59.9 Å². The molecule has 2 fully saturated rings. The van der Waals surface area contributed by atoms with Crippen molar-refractivity contribution >= 4 is 29.5 Å². The third-order valence-corrected chi connectivity index (χ3v) is 7.71. The van der Waals surface area contributed by atoms with Crippen LogP contribution in [-0.2, 0) is 25.6 Å². The minimum absolute atomic E-state index is 0.0108. The number of carbonyl (C=O) groups excluding carboxylic acids is 5. The van der Waals surface area contributed by atoms with E-state index in [1.165, 1.54) is 9.80 Å². The van der Waals surface area contributed by atoms with Crippen molar-refractivity contribution in [3.63, 3.8) is 0 Å². The van der Waals surface area contributed by atoms with E-state index in [2.05, 4.69) is 20.9 Å². The van der Waals surface area contributed by atoms with Gasteiger partial charge in [-0.2, -0.15) is 0 Å². The van der Waals surface area contributed by atoms with E-state index in [4.69, 9.17) is 0 Å². The molecular weight excluding hydrogens is 528 g/mol. The lowest BCUT2D eigenvalue weighted by atomic mass is 9.97. The fourth-order valence-corrected chi connectivity index (χ4v) is 5.21. The number of nitrogens with one attached hydrogen (secondary N) is 4. The molecule has 3 heterocycles. The Hall–Kier alpha value is -4.19. The van der Waals surface area contributed by atoms with E-state index in [9.17, 15) is 29.1 Å². The van der Waals surface area contributed by atoms with Crippen LogP contribution in [0.3, 0.4) is 0 Å². The van der Waals surface area contributed by atoms with Gasteiger partial charge in [-0.05, 0) is 23.6 Å². The minimum atomic E-state index is -1.01. The molecule has 5 atom stereocenters. The standard InChI is InChI=1S/C29H38N6O6/c1-3-18(2)25-29(41)35-16-20(36)15-23(35)27(39)32-22(14-19-8-5-4-6-9-19)26(38)31-12-13-34(17-24(37)33-25)28(40)21-10-7-11-30-21/h4-11,18,20,22-23,25,30,36H,3,12-17H2,1-2H3,(H,31,38)(H,32,39)(H,33,37)/t18-,20+,22-,23-,25-/m0/s1. The summed E-state index contributed by atoms with van der Waals surface area (Å²) in [7, 11) is 0. The van der Waals surface area contributed by atoms with Crippen molar-refractivity contribution in [2.75, 3.05) is 26.2 Å². The van der Waals surface area contributed by atoms with Crippen LogP contribution in [0.4, 0.5) is 0 Å². The Morgan fingerprint density at radius 3 is 2.49 bits per heavy atom. The van der Waals surface area contributed by atoms with Gasteiger partial charge in [0.2, 0.25) is 23.6 Å². The molecule has 0 bridgehead atoms. The number of aromatic amines is 1. The van der Waals surface area contributed by atoms with E-state index in [1.807, 2.05) is 44.2 Å². The average molecular weight is 567 g/mol. The predicted octanol–water partition coefficient (Wildman–Crippen LogP) is -0.193. The van der Waals surface area contributed by atoms with Gasteiger partial charge in [-0.25, -0.2) is 0 Å². The van der Waals surface area contributed by atoms with E-state index in [1.54, 1.807) is 18.3 Å². The highest BCUT2D eigenvalue weighted by molar-refractivity contribution is 5.97. The van der Waals surface area contributed by atoms with E-state index >= 15 is 0 Å². The number of nitrogens with zero attached hydrogens (tertiary/aromatic N) is 2. The zero-order valence-electron chi connectivity index (χ0n) is 23.3. The summed E-state index contributed by atoms with van der Waals surface area (Å²) in [4.78, 5) is 72.5. The van der Waals surface area contributed by atoms with Crippen LogP contribution < -0.4 is 16.0 Å². The highest BCUT2D eigenvalue weighted by atomic mass is 16.3. The lowest BCUT2D eigenvalue weighted by Gasteiger charge is -2.32. The lowest BCUT2D eigenvalue weighted by Crippen LogP contribution is -2.58. The third kappa shape index (κ3) is 7.31. The molecule has 0 radical (unpaired) electrons. The molecule has 12 nitrogen and oxygen atoms in total. The van der Waals surface area contributed by atoms with Gasteiger partial charge in [0.05, 0.1) is 12.6 Å². The Morgan fingerprint density at radius 1 is 1.05 bits per heavy atom. The zero-order valence-corrected chi connectivity index (χ0v) is 23.3. The number of rotatable bonds is 5. The average Bonchev–Trinajstić information content (AvgIpc) is 3.64. The Bertz CT molecular complexity index is 1240. The van der Waals surface area contributed by atoms with Crippen molar-refractivity contribution in [2.45, 2.75) is 57.3 Å². The van der Waals surface area contributed by atoms with Crippen LogP contribution in [0.1, 0.15) is 42.7 Å². The van der Waals surface area contributed by atoms with Crippen LogP contribution in [0.2, 0.25) is 0 Å². The number of carbonyl (C=O) groups is 5. The smallest absolute Gasteiger partial charge is 0.270 e. The number of H-pyrrole nitrogens is 1. The maximum absolute atomic E-state index is 13.8. The number of aliphatic hydroxyl groups is 1. The van der Waals surface area contributed by atoms with E-state index in [0.29, 0.717) is 6.42 Å². The topological polar surface area (TPSA) is 164 Å². The second-order valence-electron chi connectivity index (χ2n) is 10.7. The maximum Gasteiger partial charge on any atom is 0.270 e. The molecule has 2 saturated heterocycles. The first-order chi connectivity index (χ1) is 19.7. The molecule has 2 aliphatic rings. The molecule has 2 aliphatic heterocycles. The first kappa shape index (κ1) is 29.8. The summed E-state index contributed by atoms with van der Waals surface area (Å²) in [6.45, 7) is 3.33. The van der Waals surface area contributed by atoms with Gasteiger partial charge in [0.1, 0.15) is 23.8 Å². The van der Waals surface area contributed by atoms with Crippen LogP contribution >= 0.6 is 0 Å². The van der Waals surface area contributed by atoms with Crippen molar-refractivity contribution in [1.29, 1.82) is 0 Å². The molecule has 5 N–H and O–H groups in total. The minimum Gasteiger partial charge on any atom is -0.391 e. The summed E-state index contributed by atoms with van der Waals surface area (Å²) in [6, 6.07) is 9.50. The quantitative estimate of drug-likeness (QED) is 0.337. The van der Waals surface area contributed by atoms with Gasteiger partial charge in [-0.3, -0.25) is 24.0 Å². The summed E-state index contributed by atoms with van der Waals surface area (Å²) >= 11 is 0. The number of benzene rings is 1. The SMILES string of the molecule is CC[C@H](C)[C@@H]1NC(=O)CN(C(=O)c2ccc[nH]2)CCNC(=O)[C@H](Cc2ccccc2)NC(=O)[C@@H]2C[C@@H](O)CN2C1=O. The summed E-state index contributed by atoms with van der Waals surface area (Å²) in [5.41, 5.74) is 1.10.